The Labute approximate surface area is 112 Å². The van der Waals surface area contributed by atoms with Gasteiger partial charge in [-0.2, -0.15) is 4.98 Å². The fourth-order valence-corrected chi connectivity index (χ4v) is 1.66. The van der Waals surface area contributed by atoms with E-state index in [1.54, 1.807) is 18.2 Å². The zero-order valence-corrected chi connectivity index (χ0v) is 10.1. The highest BCUT2D eigenvalue weighted by molar-refractivity contribution is 5.55. The van der Waals surface area contributed by atoms with E-state index in [2.05, 4.69) is 15.3 Å². The van der Waals surface area contributed by atoms with Gasteiger partial charge in [0.2, 0.25) is 0 Å². The third-order valence-corrected chi connectivity index (χ3v) is 2.62. The Morgan fingerprint density at radius 3 is 2.60 bits per heavy atom. The first-order valence-electron chi connectivity index (χ1n) is 5.69. The molecule has 0 saturated heterocycles. The lowest BCUT2D eigenvalue weighted by atomic mass is 10.2. The molecule has 0 atom stereocenters. The fraction of sp³-hybridized carbons (Fsp3) is 0.0833. The molecule has 0 unspecified atom stereocenters. The summed E-state index contributed by atoms with van der Waals surface area (Å²) >= 11 is 0. The molecule has 0 aliphatic rings. The van der Waals surface area contributed by atoms with Gasteiger partial charge in [0.25, 0.3) is 11.6 Å². The van der Waals surface area contributed by atoms with Crippen LogP contribution in [0.3, 0.4) is 0 Å². The van der Waals surface area contributed by atoms with Gasteiger partial charge in [0.05, 0.1) is 17.0 Å². The molecule has 0 saturated carbocycles. The summed E-state index contributed by atoms with van der Waals surface area (Å²) in [6.07, 6.45) is 1.86. The number of aromatic nitrogens is 3. The Morgan fingerprint density at radius 2 is 1.95 bits per heavy atom. The van der Waals surface area contributed by atoms with Crippen molar-refractivity contribution in [3.05, 3.63) is 58.2 Å². The molecule has 3 rings (SSSR count). The maximum Gasteiger partial charge on any atom is 0.269 e. The first-order chi connectivity index (χ1) is 9.72. The minimum absolute atomic E-state index is 0.0103. The molecule has 3 aromatic rings. The highest BCUT2D eigenvalue weighted by atomic mass is 16.6. The molecule has 0 aliphatic heterocycles. The van der Waals surface area contributed by atoms with Crippen molar-refractivity contribution in [1.29, 1.82) is 0 Å². The van der Waals surface area contributed by atoms with Gasteiger partial charge < -0.3 is 9.05 Å². The van der Waals surface area contributed by atoms with Crippen LogP contribution in [0.1, 0.15) is 11.5 Å². The molecule has 100 valence electrons. The summed E-state index contributed by atoms with van der Waals surface area (Å²) in [4.78, 5) is 14.3. The highest BCUT2D eigenvalue weighted by Gasteiger charge is 2.12. The van der Waals surface area contributed by atoms with Crippen LogP contribution in [0.2, 0.25) is 0 Å². The number of nitro benzene ring substituents is 1. The van der Waals surface area contributed by atoms with E-state index in [4.69, 9.17) is 9.05 Å². The predicted octanol–water partition coefficient (Wildman–Crippen LogP) is 2.22. The molecule has 0 aliphatic carbocycles. The third kappa shape index (κ3) is 2.39. The molecule has 8 heteroatoms. The molecule has 2 aromatic heterocycles. The van der Waals surface area contributed by atoms with Crippen molar-refractivity contribution in [2.45, 2.75) is 6.42 Å². The van der Waals surface area contributed by atoms with Crippen molar-refractivity contribution in [2.75, 3.05) is 0 Å². The highest BCUT2D eigenvalue weighted by Crippen LogP contribution is 2.21. The van der Waals surface area contributed by atoms with E-state index in [9.17, 15) is 10.1 Å². The Balaban J connectivity index is 1.80. The number of hydrogen-bond donors (Lipinski definition) is 0. The second-order valence-electron chi connectivity index (χ2n) is 3.99. The Morgan fingerprint density at radius 1 is 1.15 bits per heavy atom. The number of hydrogen-bond acceptors (Lipinski definition) is 7. The van der Waals surface area contributed by atoms with Gasteiger partial charge in [0.1, 0.15) is 6.26 Å². The second-order valence-corrected chi connectivity index (χ2v) is 3.99. The fourth-order valence-electron chi connectivity index (χ4n) is 1.66. The van der Waals surface area contributed by atoms with E-state index in [-0.39, 0.29) is 5.69 Å². The average molecular weight is 272 g/mol. The van der Waals surface area contributed by atoms with E-state index >= 15 is 0 Å². The minimum atomic E-state index is -0.465. The van der Waals surface area contributed by atoms with Crippen LogP contribution in [-0.2, 0) is 6.42 Å². The summed E-state index contributed by atoms with van der Waals surface area (Å²) in [5.41, 5.74) is 1.33. The van der Waals surface area contributed by atoms with Crippen molar-refractivity contribution in [3.63, 3.8) is 0 Å². The smallest absolute Gasteiger partial charge is 0.269 e. The number of benzene rings is 1. The standard InChI is InChI=1S/C12H8N4O4/c17-16(18)10-3-1-8(2-4-10)12-13-11(15-20-12)7-9-5-6-19-14-9/h1-6H,7H2. The molecule has 2 heterocycles. The van der Waals surface area contributed by atoms with E-state index < -0.39 is 4.92 Å². The molecule has 20 heavy (non-hydrogen) atoms. The summed E-state index contributed by atoms with van der Waals surface area (Å²) in [7, 11) is 0. The van der Waals surface area contributed by atoms with Crippen LogP contribution in [-0.4, -0.2) is 20.2 Å². The molecular weight excluding hydrogens is 264 g/mol. The molecule has 1 aromatic carbocycles. The third-order valence-electron chi connectivity index (χ3n) is 2.62. The van der Waals surface area contributed by atoms with E-state index in [0.717, 1.165) is 0 Å². The van der Waals surface area contributed by atoms with E-state index in [1.807, 2.05) is 0 Å². The van der Waals surface area contributed by atoms with Gasteiger partial charge in [-0.1, -0.05) is 10.3 Å². The summed E-state index contributed by atoms with van der Waals surface area (Å²) < 4.78 is 9.82. The molecule has 0 amide bonds. The van der Waals surface area contributed by atoms with Gasteiger partial charge in [-0.3, -0.25) is 10.1 Å². The molecule has 0 fully saturated rings. The van der Waals surface area contributed by atoms with Gasteiger partial charge in [0, 0.05) is 23.8 Å². The van der Waals surface area contributed by atoms with Gasteiger partial charge in [-0.15, -0.1) is 0 Å². The normalized spacial score (nSPS) is 10.6. The first-order valence-corrected chi connectivity index (χ1v) is 5.69. The van der Waals surface area contributed by atoms with Crippen molar-refractivity contribution in [2.24, 2.45) is 0 Å². The molecule has 8 nitrogen and oxygen atoms in total. The van der Waals surface area contributed by atoms with Gasteiger partial charge >= 0.3 is 0 Å². The molecule has 0 spiro atoms. The van der Waals surface area contributed by atoms with Crippen molar-refractivity contribution >= 4 is 5.69 Å². The van der Waals surface area contributed by atoms with Crippen LogP contribution in [0.25, 0.3) is 11.5 Å². The summed E-state index contributed by atoms with van der Waals surface area (Å²) in [5.74, 6) is 0.769. The quantitative estimate of drug-likeness (QED) is 0.529. The van der Waals surface area contributed by atoms with Crippen LogP contribution in [0.4, 0.5) is 5.69 Å². The van der Waals surface area contributed by atoms with Crippen LogP contribution in [0.5, 0.6) is 0 Å². The van der Waals surface area contributed by atoms with E-state index in [0.29, 0.717) is 29.4 Å². The van der Waals surface area contributed by atoms with Crippen LogP contribution in [0, 0.1) is 10.1 Å². The molecular formula is C12H8N4O4. The lowest BCUT2D eigenvalue weighted by Gasteiger charge is -1.93. The Bertz CT molecular complexity index is 718. The zero-order chi connectivity index (χ0) is 13.9. The summed E-state index contributed by atoms with van der Waals surface area (Å²) in [5, 5.41) is 18.1. The molecule has 0 N–H and O–H groups in total. The minimum Gasteiger partial charge on any atom is -0.364 e. The predicted molar refractivity (Wildman–Crippen MR) is 65.7 cm³/mol. The maximum absolute atomic E-state index is 10.6. The molecule has 0 radical (unpaired) electrons. The number of nitrogens with zero attached hydrogens (tertiary/aromatic N) is 4. The average Bonchev–Trinajstić information content (AvgIpc) is 3.11. The van der Waals surface area contributed by atoms with Gasteiger partial charge in [0.15, 0.2) is 5.82 Å². The van der Waals surface area contributed by atoms with Crippen LogP contribution >= 0.6 is 0 Å². The van der Waals surface area contributed by atoms with Crippen molar-refractivity contribution in [1.82, 2.24) is 15.3 Å². The Kier molecular flexibility index (Phi) is 2.96. The summed E-state index contributed by atoms with van der Waals surface area (Å²) in [6.45, 7) is 0. The monoisotopic (exact) mass is 272 g/mol. The van der Waals surface area contributed by atoms with Gasteiger partial charge in [-0.05, 0) is 12.1 Å². The van der Waals surface area contributed by atoms with Crippen molar-refractivity contribution in [3.8, 4) is 11.5 Å². The van der Waals surface area contributed by atoms with Crippen LogP contribution in [0.15, 0.2) is 45.6 Å². The first kappa shape index (κ1) is 12.0. The Hall–Kier alpha value is -3.03. The summed E-state index contributed by atoms with van der Waals surface area (Å²) in [6, 6.07) is 7.60. The lowest BCUT2D eigenvalue weighted by molar-refractivity contribution is -0.384. The topological polar surface area (TPSA) is 108 Å². The lowest BCUT2D eigenvalue weighted by Crippen LogP contribution is -1.90. The molecule has 0 bridgehead atoms. The largest absolute Gasteiger partial charge is 0.364 e. The number of nitro groups is 1. The maximum atomic E-state index is 10.6. The number of rotatable bonds is 4. The number of non-ortho nitro benzene ring substituents is 1. The SMILES string of the molecule is O=[N+]([O-])c1ccc(-c2nc(Cc3ccon3)no2)cc1. The van der Waals surface area contributed by atoms with Crippen molar-refractivity contribution < 1.29 is 14.0 Å². The van der Waals surface area contributed by atoms with E-state index in [1.165, 1.54) is 18.4 Å². The van der Waals surface area contributed by atoms with Crippen LogP contribution < -0.4 is 0 Å². The zero-order valence-electron chi connectivity index (χ0n) is 10.1. The second kappa shape index (κ2) is 4.92. The van der Waals surface area contributed by atoms with Gasteiger partial charge in [-0.25, -0.2) is 0 Å².